The summed E-state index contributed by atoms with van der Waals surface area (Å²) in [6, 6.07) is 8.20. The zero-order valence-corrected chi connectivity index (χ0v) is 13.7. The summed E-state index contributed by atoms with van der Waals surface area (Å²) in [5.74, 6) is 0.476. The number of hydrogen-bond donors (Lipinski definition) is 1. The number of benzene rings is 1. The molecule has 120 valence electrons. The predicted octanol–water partition coefficient (Wildman–Crippen LogP) is 2.06. The summed E-state index contributed by atoms with van der Waals surface area (Å²) >= 11 is 0. The van der Waals surface area contributed by atoms with Crippen LogP contribution in [0, 0.1) is 5.92 Å². The van der Waals surface area contributed by atoms with Crippen LogP contribution < -0.4 is 4.90 Å². The first-order valence-corrected chi connectivity index (χ1v) is 8.32. The average molecular weight is 302 g/mol. The first-order valence-electron chi connectivity index (χ1n) is 8.32. The summed E-state index contributed by atoms with van der Waals surface area (Å²) < 4.78 is 0. The number of carbonyl (C=O) groups is 1. The van der Waals surface area contributed by atoms with Crippen LogP contribution in [0.4, 0.5) is 5.69 Å². The van der Waals surface area contributed by atoms with Gasteiger partial charge in [-0.05, 0) is 50.8 Å². The van der Waals surface area contributed by atoms with Crippen LogP contribution in [0.1, 0.15) is 32.8 Å². The van der Waals surface area contributed by atoms with Crippen molar-refractivity contribution in [3.63, 3.8) is 0 Å². The number of anilines is 1. The zero-order chi connectivity index (χ0) is 15.9. The fourth-order valence-corrected chi connectivity index (χ4v) is 3.68. The van der Waals surface area contributed by atoms with Crippen LogP contribution in [-0.2, 0) is 11.2 Å². The lowest BCUT2D eigenvalue weighted by atomic mass is 9.95. The molecule has 0 aromatic heterocycles. The minimum Gasteiger partial charge on any atom is -0.392 e. The Morgan fingerprint density at radius 1 is 1.32 bits per heavy atom. The van der Waals surface area contributed by atoms with Crippen LogP contribution in [-0.4, -0.2) is 47.2 Å². The lowest BCUT2D eigenvalue weighted by Crippen LogP contribution is -2.54. The van der Waals surface area contributed by atoms with Crippen molar-refractivity contribution >= 4 is 11.6 Å². The second kappa shape index (κ2) is 6.01. The van der Waals surface area contributed by atoms with E-state index in [1.807, 2.05) is 30.0 Å². The minimum absolute atomic E-state index is 0.152. The second-order valence-corrected chi connectivity index (χ2v) is 6.89. The molecule has 4 nitrogen and oxygen atoms in total. The van der Waals surface area contributed by atoms with E-state index in [1.165, 1.54) is 5.56 Å². The normalized spacial score (nSPS) is 30.2. The Morgan fingerprint density at radius 2 is 2.05 bits per heavy atom. The molecule has 2 aliphatic heterocycles. The van der Waals surface area contributed by atoms with Crippen LogP contribution in [0.5, 0.6) is 0 Å². The van der Waals surface area contributed by atoms with Gasteiger partial charge in [-0.25, -0.2) is 0 Å². The van der Waals surface area contributed by atoms with E-state index in [2.05, 4.69) is 24.8 Å². The third-order valence-electron chi connectivity index (χ3n) is 5.30. The Morgan fingerprint density at radius 3 is 2.77 bits per heavy atom. The van der Waals surface area contributed by atoms with Gasteiger partial charge in [0.15, 0.2) is 0 Å². The molecule has 0 bridgehead atoms. The Labute approximate surface area is 132 Å². The number of para-hydroxylation sites is 1. The van der Waals surface area contributed by atoms with Crippen LogP contribution in [0.15, 0.2) is 24.3 Å². The maximum atomic E-state index is 13.0. The minimum atomic E-state index is -0.327. The number of rotatable bonds is 2. The van der Waals surface area contributed by atoms with Gasteiger partial charge in [-0.2, -0.15) is 0 Å². The molecule has 2 heterocycles. The molecule has 3 rings (SSSR count). The van der Waals surface area contributed by atoms with Crippen molar-refractivity contribution in [2.75, 3.05) is 18.0 Å². The predicted molar refractivity (Wildman–Crippen MR) is 87.9 cm³/mol. The molecule has 0 spiro atoms. The number of amides is 1. The Bertz CT molecular complexity index is 560. The van der Waals surface area contributed by atoms with Crippen molar-refractivity contribution in [3.05, 3.63) is 29.8 Å². The SMILES string of the molecule is CC1CCN(C(C)C(=O)N2c3ccccc3CC2C)CC1O. The summed E-state index contributed by atoms with van der Waals surface area (Å²) in [5, 5.41) is 10.1. The highest BCUT2D eigenvalue weighted by Gasteiger charge is 2.37. The molecule has 0 radical (unpaired) electrons. The van der Waals surface area contributed by atoms with E-state index in [1.54, 1.807) is 0 Å². The fraction of sp³-hybridized carbons (Fsp3) is 0.611. The maximum absolute atomic E-state index is 13.0. The molecule has 1 amide bonds. The fourth-order valence-electron chi connectivity index (χ4n) is 3.68. The van der Waals surface area contributed by atoms with Gasteiger partial charge in [-0.3, -0.25) is 9.69 Å². The largest absolute Gasteiger partial charge is 0.392 e. The van der Waals surface area contributed by atoms with Crippen molar-refractivity contribution in [1.82, 2.24) is 4.90 Å². The van der Waals surface area contributed by atoms with Crippen LogP contribution in [0.25, 0.3) is 0 Å². The molecule has 1 saturated heterocycles. The topological polar surface area (TPSA) is 43.8 Å². The highest BCUT2D eigenvalue weighted by Crippen LogP contribution is 2.33. The van der Waals surface area contributed by atoms with Gasteiger partial charge in [-0.15, -0.1) is 0 Å². The molecule has 0 aliphatic carbocycles. The summed E-state index contributed by atoms with van der Waals surface area (Å²) in [5.41, 5.74) is 2.31. The number of likely N-dealkylation sites (tertiary alicyclic amines) is 1. The number of carbonyl (C=O) groups excluding carboxylic acids is 1. The van der Waals surface area contributed by atoms with E-state index in [4.69, 9.17) is 0 Å². The molecule has 22 heavy (non-hydrogen) atoms. The van der Waals surface area contributed by atoms with Gasteiger partial charge in [0.1, 0.15) is 0 Å². The average Bonchev–Trinajstić information content (AvgIpc) is 2.84. The van der Waals surface area contributed by atoms with Gasteiger partial charge in [0.2, 0.25) is 5.91 Å². The molecule has 1 aromatic carbocycles. The molecule has 0 saturated carbocycles. The van der Waals surface area contributed by atoms with E-state index in [0.717, 1.165) is 25.1 Å². The van der Waals surface area contributed by atoms with E-state index in [9.17, 15) is 9.90 Å². The highest BCUT2D eigenvalue weighted by atomic mass is 16.3. The van der Waals surface area contributed by atoms with E-state index < -0.39 is 0 Å². The summed E-state index contributed by atoms with van der Waals surface area (Å²) in [7, 11) is 0. The number of hydrogen-bond acceptors (Lipinski definition) is 3. The quantitative estimate of drug-likeness (QED) is 0.909. The van der Waals surface area contributed by atoms with Crippen molar-refractivity contribution in [2.24, 2.45) is 5.92 Å². The van der Waals surface area contributed by atoms with E-state index in [0.29, 0.717) is 12.5 Å². The second-order valence-electron chi connectivity index (χ2n) is 6.89. The Hall–Kier alpha value is -1.39. The van der Waals surface area contributed by atoms with Crippen LogP contribution in [0.3, 0.4) is 0 Å². The molecular formula is C18H26N2O2. The van der Waals surface area contributed by atoms with Gasteiger partial charge >= 0.3 is 0 Å². The molecule has 4 atom stereocenters. The number of fused-ring (bicyclic) bond motifs is 1. The van der Waals surface area contributed by atoms with Crippen LogP contribution in [0.2, 0.25) is 0 Å². The summed E-state index contributed by atoms with van der Waals surface area (Å²) in [6.45, 7) is 7.64. The molecule has 1 fully saturated rings. The lowest BCUT2D eigenvalue weighted by molar-refractivity contribution is -0.125. The van der Waals surface area contributed by atoms with Crippen molar-refractivity contribution in [1.29, 1.82) is 0 Å². The Kier molecular flexibility index (Phi) is 4.24. The molecule has 1 N–H and O–H groups in total. The van der Waals surface area contributed by atoms with Crippen molar-refractivity contribution in [3.8, 4) is 0 Å². The number of piperidine rings is 1. The molecule has 4 unspecified atom stereocenters. The van der Waals surface area contributed by atoms with Gasteiger partial charge in [-0.1, -0.05) is 25.1 Å². The lowest BCUT2D eigenvalue weighted by Gasteiger charge is -2.39. The number of β-amino-alcohol motifs (C(OH)–C–C–N with tert-alkyl or cyclic N) is 1. The highest BCUT2D eigenvalue weighted by molar-refractivity contribution is 5.99. The molecule has 1 aromatic rings. The monoisotopic (exact) mass is 302 g/mol. The number of aliphatic hydroxyl groups excluding tert-OH is 1. The maximum Gasteiger partial charge on any atom is 0.244 e. The summed E-state index contributed by atoms with van der Waals surface area (Å²) in [6.07, 6.45) is 1.55. The zero-order valence-electron chi connectivity index (χ0n) is 13.7. The van der Waals surface area contributed by atoms with E-state index in [-0.39, 0.29) is 24.1 Å². The first-order chi connectivity index (χ1) is 10.5. The number of aliphatic hydroxyl groups is 1. The van der Waals surface area contributed by atoms with Gasteiger partial charge < -0.3 is 10.0 Å². The van der Waals surface area contributed by atoms with Crippen molar-refractivity contribution in [2.45, 2.75) is 51.8 Å². The first kappa shape index (κ1) is 15.5. The third-order valence-corrected chi connectivity index (χ3v) is 5.30. The van der Waals surface area contributed by atoms with E-state index >= 15 is 0 Å². The number of nitrogens with zero attached hydrogens (tertiary/aromatic N) is 2. The third kappa shape index (κ3) is 2.66. The molecular weight excluding hydrogens is 276 g/mol. The molecule has 2 aliphatic rings. The van der Waals surface area contributed by atoms with Crippen molar-refractivity contribution < 1.29 is 9.90 Å². The standard InChI is InChI=1S/C18H26N2O2/c1-12-8-9-19(11-17(12)21)14(3)18(22)20-13(2)10-15-6-4-5-7-16(15)20/h4-7,12-14,17,21H,8-11H2,1-3H3. The molecule has 4 heteroatoms. The Balaban J connectivity index is 1.76. The van der Waals surface area contributed by atoms with Gasteiger partial charge in [0, 0.05) is 18.3 Å². The smallest absolute Gasteiger partial charge is 0.244 e. The van der Waals surface area contributed by atoms with Gasteiger partial charge in [0.05, 0.1) is 12.1 Å². The van der Waals surface area contributed by atoms with Gasteiger partial charge in [0.25, 0.3) is 0 Å². The van der Waals surface area contributed by atoms with Crippen LogP contribution >= 0.6 is 0 Å². The summed E-state index contributed by atoms with van der Waals surface area (Å²) in [4.78, 5) is 17.1.